The van der Waals surface area contributed by atoms with Crippen molar-refractivity contribution >= 4 is 27.5 Å². The second-order valence-electron chi connectivity index (χ2n) is 13.1. The Kier molecular flexibility index (Phi) is 13.6. The van der Waals surface area contributed by atoms with E-state index in [0.29, 0.717) is 68.7 Å². The van der Waals surface area contributed by atoms with Gasteiger partial charge in [-0.05, 0) is 66.9 Å². The molecule has 13 nitrogen and oxygen atoms in total. The topological polar surface area (TPSA) is 157 Å². The molecule has 1 aliphatic heterocycles. The number of alkyl halides is 3. The van der Waals surface area contributed by atoms with Crippen molar-refractivity contribution in [3.8, 4) is 22.6 Å². The highest BCUT2D eigenvalue weighted by Gasteiger charge is 2.31. The molecule has 0 saturated heterocycles. The predicted molar refractivity (Wildman–Crippen MR) is 204 cm³/mol. The van der Waals surface area contributed by atoms with E-state index in [2.05, 4.69) is 10.1 Å². The summed E-state index contributed by atoms with van der Waals surface area (Å²) in [5.41, 5.74) is 9.68. The van der Waals surface area contributed by atoms with E-state index in [9.17, 15) is 26.4 Å². The van der Waals surface area contributed by atoms with Gasteiger partial charge in [-0.15, -0.1) is 0 Å². The largest absolute Gasteiger partial charge is 0.453 e. The number of aryl methyl sites for hydroxylation is 1. The van der Waals surface area contributed by atoms with Gasteiger partial charge in [-0.1, -0.05) is 35.9 Å². The number of nitrogens with zero attached hydrogens (tertiary/aromatic N) is 4. The molecule has 0 bridgehead atoms. The second kappa shape index (κ2) is 18.7. The molecule has 3 aromatic carbocycles. The molecule has 2 N–H and O–H groups in total. The third-order valence-electron chi connectivity index (χ3n) is 8.92. The normalized spacial score (nSPS) is 12.9. The van der Waals surface area contributed by atoms with Gasteiger partial charge in [0.15, 0.2) is 11.6 Å². The number of anilines is 2. The van der Waals surface area contributed by atoms with Crippen molar-refractivity contribution in [3.05, 3.63) is 114 Å². The number of amides is 1. The zero-order valence-corrected chi connectivity index (χ0v) is 31.9. The zero-order chi connectivity index (χ0) is 40.4. The molecule has 0 fully saturated rings. The summed E-state index contributed by atoms with van der Waals surface area (Å²) in [5.74, 6) is 0.722. The molecule has 0 aliphatic carbocycles. The molecule has 302 valence electrons. The molecule has 0 atom stereocenters. The third-order valence-corrected chi connectivity index (χ3v) is 10.2. The Hall–Kier alpha value is -5.33. The number of hydrogen-bond acceptors (Lipinski definition) is 11. The SMILES string of the molecule is Cc1ccc(S(=O)(=O)OCCOCCOCCOCCn2cc(-c3cnc(N)c(Oc4ccc5c(c4)CCN5C(=O)Cc4cccc(C(F)(F)F)c4)c3)cn2)cc1. The molecule has 5 aromatic rings. The summed E-state index contributed by atoms with van der Waals surface area (Å²) < 4.78 is 93.2. The van der Waals surface area contributed by atoms with Crippen LogP contribution in [0.4, 0.5) is 24.7 Å². The predicted octanol–water partition coefficient (Wildman–Crippen LogP) is 6.23. The van der Waals surface area contributed by atoms with Crippen molar-refractivity contribution in [2.45, 2.75) is 37.4 Å². The molecule has 0 unspecified atom stereocenters. The fourth-order valence-corrected chi connectivity index (χ4v) is 6.85. The Morgan fingerprint density at radius 2 is 1.58 bits per heavy atom. The van der Waals surface area contributed by atoms with Crippen LogP contribution in [0, 0.1) is 6.92 Å². The fraction of sp³-hybridized carbons (Fsp3) is 0.325. The number of aromatic nitrogens is 3. The molecule has 0 spiro atoms. The van der Waals surface area contributed by atoms with Gasteiger partial charge in [0.1, 0.15) is 5.75 Å². The molecular formula is C40H42F3N5O8S. The van der Waals surface area contributed by atoms with Gasteiger partial charge in [0, 0.05) is 35.8 Å². The van der Waals surface area contributed by atoms with Crippen LogP contribution in [0.25, 0.3) is 11.1 Å². The van der Waals surface area contributed by atoms with Crippen LogP contribution in [0.2, 0.25) is 0 Å². The van der Waals surface area contributed by atoms with E-state index in [1.54, 1.807) is 52.3 Å². The number of hydrogen-bond donors (Lipinski definition) is 1. The number of nitrogens with two attached hydrogens (primary N) is 1. The summed E-state index contributed by atoms with van der Waals surface area (Å²) in [6, 6.07) is 18.3. The van der Waals surface area contributed by atoms with Gasteiger partial charge in [0.2, 0.25) is 5.91 Å². The number of carbonyl (C=O) groups is 1. The van der Waals surface area contributed by atoms with Crippen molar-refractivity contribution in [3.63, 3.8) is 0 Å². The zero-order valence-electron chi connectivity index (χ0n) is 31.1. The molecule has 3 heterocycles. The van der Waals surface area contributed by atoms with E-state index in [-0.39, 0.29) is 42.9 Å². The standard InChI is InChI=1S/C40H42F3N5O8S/c1-28-5-8-35(9-6-28)57(50,51)55-20-19-54-18-17-53-16-15-52-14-13-47-27-32(26-46-47)31-24-37(39(44)45-25-31)56-34-7-10-36-30(23-34)11-12-48(36)38(49)22-29-3-2-4-33(21-29)40(41,42)43/h2-10,21,23-27H,11-20,22H2,1H3,(H2,44,45). The van der Waals surface area contributed by atoms with Crippen molar-refractivity contribution in [2.24, 2.45) is 0 Å². The van der Waals surface area contributed by atoms with Crippen molar-refractivity contribution < 1.29 is 49.5 Å². The van der Waals surface area contributed by atoms with E-state index in [1.165, 1.54) is 24.3 Å². The minimum Gasteiger partial charge on any atom is -0.453 e. The van der Waals surface area contributed by atoms with E-state index in [0.717, 1.165) is 34.4 Å². The van der Waals surface area contributed by atoms with E-state index in [4.69, 9.17) is 28.9 Å². The lowest BCUT2D eigenvalue weighted by Crippen LogP contribution is -2.30. The summed E-state index contributed by atoms with van der Waals surface area (Å²) in [7, 11) is -3.82. The van der Waals surface area contributed by atoms with Crippen LogP contribution in [0.5, 0.6) is 11.5 Å². The Morgan fingerprint density at radius 1 is 0.860 bits per heavy atom. The minimum atomic E-state index is -4.48. The minimum absolute atomic E-state index is 0.0966. The number of halogens is 3. The maximum Gasteiger partial charge on any atom is 0.416 e. The highest BCUT2D eigenvalue weighted by Crippen LogP contribution is 2.36. The lowest BCUT2D eigenvalue weighted by molar-refractivity contribution is -0.137. The van der Waals surface area contributed by atoms with Gasteiger partial charge >= 0.3 is 6.18 Å². The van der Waals surface area contributed by atoms with Crippen LogP contribution in [-0.2, 0) is 58.9 Å². The molecule has 57 heavy (non-hydrogen) atoms. The van der Waals surface area contributed by atoms with Gasteiger partial charge in [-0.25, -0.2) is 4.98 Å². The average Bonchev–Trinajstić information content (AvgIpc) is 3.83. The van der Waals surface area contributed by atoms with E-state index in [1.807, 2.05) is 19.2 Å². The number of ether oxygens (including phenoxy) is 4. The average molecular weight is 810 g/mol. The van der Waals surface area contributed by atoms with Gasteiger partial charge < -0.3 is 29.6 Å². The van der Waals surface area contributed by atoms with Crippen LogP contribution in [0.1, 0.15) is 22.3 Å². The first-order valence-corrected chi connectivity index (χ1v) is 19.5. The van der Waals surface area contributed by atoms with Gasteiger partial charge in [-0.2, -0.15) is 26.7 Å². The van der Waals surface area contributed by atoms with Crippen molar-refractivity contribution in [1.82, 2.24) is 14.8 Å². The molecule has 1 aliphatic rings. The van der Waals surface area contributed by atoms with Crippen LogP contribution >= 0.6 is 0 Å². The highest BCUT2D eigenvalue weighted by atomic mass is 32.2. The maximum absolute atomic E-state index is 13.2. The summed E-state index contributed by atoms with van der Waals surface area (Å²) in [4.78, 5) is 19.1. The molecular weight excluding hydrogens is 768 g/mol. The monoisotopic (exact) mass is 809 g/mol. The molecule has 17 heteroatoms. The number of carbonyl (C=O) groups excluding carboxylic acids is 1. The lowest BCUT2D eigenvalue weighted by Gasteiger charge is -2.18. The number of fused-ring (bicyclic) bond motifs is 1. The maximum atomic E-state index is 13.2. The number of nitrogen functional groups attached to an aromatic ring is 1. The van der Waals surface area contributed by atoms with Crippen LogP contribution in [0.3, 0.4) is 0 Å². The number of pyridine rings is 1. The van der Waals surface area contributed by atoms with Crippen molar-refractivity contribution in [1.29, 1.82) is 0 Å². The lowest BCUT2D eigenvalue weighted by atomic mass is 10.1. The number of benzene rings is 3. The van der Waals surface area contributed by atoms with Gasteiger partial charge in [0.05, 0.1) is 75.9 Å². The smallest absolute Gasteiger partial charge is 0.416 e. The number of rotatable bonds is 19. The molecule has 0 radical (unpaired) electrons. The summed E-state index contributed by atoms with van der Waals surface area (Å²) in [6.45, 7) is 4.50. The Balaban J connectivity index is 0.896. The van der Waals surface area contributed by atoms with E-state index >= 15 is 0 Å². The molecule has 0 saturated carbocycles. The molecule has 6 rings (SSSR count). The van der Waals surface area contributed by atoms with E-state index < -0.39 is 21.9 Å². The first kappa shape index (κ1) is 41.3. The summed E-state index contributed by atoms with van der Waals surface area (Å²) in [6.07, 6.45) is 1.09. The Bertz CT molecular complexity index is 2250. The summed E-state index contributed by atoms with van der Waals surface area (Å²) in [5, 5.41) is 4.41. The van der Waals surface area contributed by atoms with Crippen LogP contribution < -0.4 is 15.4 Å². The first-order valence-electron chi connectivity index (χ1n) is 18.1. The van der Waals surface area contributed by atoms with Gasteiger partial charge in [-0.3, -0.25) is 13.7 Å². The highest BCUT2D eigenvalue weighted by molar-refractivity contribution is 7.86. The molecule has 1 amide bonds. The second-order valence-corrected chi connectivity index (χ2v) is 14.7. The quantitative estimate of drug-likeness (QED) is 0.0745. The Labute approximate surface area is 328 Å². The molecule has 2 aromatic heterocycles. The van der Waals surface area contributed by atoms with Gasteiger partial charge in [0.25, 0.3) is 10.1 Å². The summed E-state index contributed by atoms with van der Waals surface area (Å²) >= 11 is 0. The first-order chi connectivity index (χ1) is 27.4. The van der Waals surface area contributed by atoms with Crippen molar-refractivity contribution in [2.75, 3.05) is 63.4 Å². The van der Waals surface area contributed by atoms with Crippen LogP contribution in [0.15, 0.2) is 96.3 Å². The third kappa shape index (κ3) is 11.4. The fourth-order valence-electron chi connectivity index (χ4n) is 5.96. The van der Waals surface area contributed by atoms with Crippen LogP contribution in [-0.4, -0.2) is 81.9 Å². The Morgan fingerprint density at radius 3 is 2.32 bits per heavy atom.